The first kappa shape index (κ1) is 11.9. The maximum atomic E-state index is 6.18. The van der Waals surface area contributed by atoms with Crippen LogP contribution in [0.1, 0.15) is 38.5 Å². The average Bonchev–Trinajstić information content (AvgIpc) is 2.81. The van der Waals surface area contributed by atoms with Crippen molar-refractivity contribution in [2.75, 3.05) is 25.2 Å². The zero-order valence-electron chi connectivity index (χ0n) is 9.34. The SMILES string of the molecule is BrCC1(OCC2CCCC2)CCOCC1. The Balaban J connectivity index is 1.78. The zero-order valence-corrected chi connectivity index (χ0v) is 10.9. The van der Waals surface area contributed by atoms with Crippen LogP contribution in [0.15, 0.2) is 0 Å². The maximum Gasteiger partial charge on any atom is 0.0822 e. The van der Waals surface area contributed by atoms with Crippen LogP contribution >= 0.6 is 15.9 Å². The fourth-order valence-electron chi connectivity index (χ4n) is 2.53. The molecule has 2 rings (SSSR count). The summed E-state index contributed by atoms with van der Waals surface area (Å²) < 4.78 is 11.6. The highest BCUT2D eigenvalue weighted by Crippen LogP contribution is 2.31. The van der Waals surface area contributed by atoms with E-state index in [1.165, 1.54) is 25.7 Å². The van der Waals surface area contributed by atoms with Crippen molar-refractivity contribution in [3.63, 3.8) is 0 Å². The van der Waals surface area contributed by atoms with Crippen LogP contribution < -0.4 is 0 Å². The Hall–Kier alpha value is 0.400. The number of hydrogen-bond donors (Lipinski definition) is 0. The van der Waals surface area contributed by atoms with E-state index in [0.717, 1.165) is 43.9 Å². The van der Waals surface area contributed by atoms with Gasteiger partial charge in [0.1, 0.15) is 0 Å². The first-order chi connectivity index (χ1) is 7.35. The van der Waals surface area contributed by atoms with Gasteiger partial charge in [0.15, 0.2) is 0 Å². The Morgan fingerprint density at radius 3 is 2.47 bits per heavy atom. The van der Waals surface area contributed by atoms with Crippen LogP contribution in [0, 0.1) is 5.92 Å². The molecule has 0 spiro atoms. The molecule has 88 valence electrons. The van der Waals surface area contributed by atoms with Gasteiger partial charge in [-0.15, -0.1) is 0 Å². The summed E-state index contributed by atoms with van der Waals surface area (Å²) in [5, 5.41) is 0.954. The van der Waals surface area contributed by atoms with E-state index in [0.29, 0.717) is 0 Å². The lowest BCUT2D eigenvalue weighted by Crippen LogP contribution is -2.41. The Labute approximate surface area is 101 Å². The third kappa shape index (κ3) is 3.18. The third-order valence-corrected chi connectivity index (χ3v) is 4.77. The van der Waals surface area contributed by atoms with Gasteiger partial charge in [0.2, 0.25) is 0 Å². The van der Waals surface area contributed by atoms with Crippen molar-refractivity contribution in [3.8, 4) is 0 Å². The normalized spacial score (nSPS) is 27.0. The molecule has 2 fully saturated rings. The Bertz CT molecular complexity index is 184. The van der Waals surface area contributed by atoms with E-state index in [2.05, 4.69) is 15.9 Å². The highest BCUT2D eigenvalue weighted by atomic mass is 79.9. The fraction of sp³-hybridized carbons (Fsp3) is 1.00. The van der Waals surface area contributed by atoms with Crippen molar-refractivity contribution in [2.24, 2.45) is 5.92 Å². The van der Waals surface area contributed by atoms with Gasteiger partial charge in [0, 0.05) is 31.4 Å². The molecule has 1 saturated heterocycles. The lowest BCUT2D eigenvalue weighted by molar-refractivity contribution is -0.104. The minimum Gasteiger partial charge on any atom is -0.381 e. The molecule has 2 nitrogen and oxygen atoms in total. The highest BCUT2D eigenvalue weighted by molar-refractivity contribution is 9.09. The summed E-state index contributed by atoms with van der Waals surface area (Å²) in [4.78, 5) is 0. The molecule has 0 aromatic rings. The topological polar surface area (TPSA) is 18.5 Å². The van der Waals surface area contributed by atoms with Gasteiger partial charge in [0.25, 0.3) is 0 Å². The summed E-state index contributed by atoms with van der Waals surface area (Å²) in [5.41, 5.74) is 0.0703. The van der Waals surface area contributed by atoms with E-state index in [-0.39, 0.29) is 5.60 Å². The molecular formula is C12H21BrO2. The smallest absolute Gasteiger partial charge is 0.0822 e. The van der Waals surface area contributed by atoms with Gasteiger partial charge in [-0.25, -0.2) is 0 Å². The van der Waals surface area contributed by atoms with Gasteiger partial charge in [-0.05, 0) is 18.8 Å². The average molecular weight is 277 g/mol. The van der Waals surface area contributed by atoms with Crippen molar-refractivity contribution in [1.82, 2.24) is 0 Å². The van der Waals surface area contributed by atoms with Crippen molar-refractivity contribution in [3.05, 3.63) is 0 Å². The second-order valence-corrected chi connectivity index (χ2v) is 5.45. The number of hydrogen-bond acceptors (Lipinski definition) is 2. The number of ether oxygens (including phenoxy) is 2. The first-order valence-corrected chi connectivity index (χ1v) is 7.24. The van der Waals surface area contributed by atoms with E-state index in [1.54, 1.807) is 0 Å². The van der Waals surface area contributed by atoms with Crippen LogP contribution in [0.4, 0.5) is 0 Å². The lowest BCUT2D eigenvalue weighted by atomic mass is 9.96. The Kier molecular flexibility index (Phi) is 4.47. The third-order valence-electron chi connectivity index (χ3n) is 3.75. The van der Waals surface area contributed by atoms with Crippen LogP contribution in [0.25, 0.3) is 0 Å². The molecule has 2 aliphatic rings. The van der Waals surface area contributed by atoms with E-state index in [1.807, 2.05) is 0 Å². The van der Waals surface area contributed by atoms with E-state index in [4.69, 9.17) is 9.47 Å². The van der Waals surface area contributed by atoms with Gasteiger partial charge >= 0.3 is 0 Å². The van der Waals surface area contributed by atoms with E-state index >= 15 is 0 Å². The van der Waals surface area contributed by atoms with Crippen molar-refractivity contribution < 1.29 is 9.47 Å². The summed E-state index contributed by atoms with van der Waals surface area (Å²) in [6.07, 6.45) is 7.64. The molecule has 0 radical (unpaired) electrons. The van der Waals surface area contributed by atoms with Crippen molar-refractivity contribution in [1.29, 1.82) is 0 Å². The van der Waals surface area contributed by atoms with Gasteiger partial charge in [0.05, 0.1) is 12.2 Å². The molecule has 0 bridgehead atoms. The van der Waals surface area contributed by atoms with Crippen LogP contribution in [0.3, 0.4) is 0 Å². The van der Waals surface area contributed by atoms with Gasteiger partial charge in [-0.3, -0.25) is 0 Å². The molecule has 0 atom stereocenters. The van der Waals surface area contributed by atoms with E-state index < -0.39 is 0 Å². The minimum atomic E-state index is 0.0703. The first-order valence-electron chi connectivity index (χ1n) is 6.12. The molecule has 0 unspecified atom stereocenters. The van der Waals surface area contributed by atoms with Gasteiger partial charge in [-0.2, -0.15) is 0 Å². The van der Waals surface area contributed by atoms with Crippen molar-refractivity contribution >= 4 is 15.9 Å². The molecule has 1 heterocycles. The lowest BCUT2D eigenvalue weighted by Gasteiger charge is -2.36. The molecule has 1 saturated carbocycles. The molecule has 1 aliphatic carbocycles. The standard InChI is InChI=1S/C12H21BrO2/c13-10-12(5-7-14-8-6-12)15-9-11-3-1-2-4-11/h11H,1-10H2. The fourth-order valence-corrected chi connectivity index (χ4v) is 3.25. The molecule has 1 aliphatic heterocycles. The number of halogens is 1. The summed E-state index contributed by atoms with van der Waals surface area (Å²) in [6, 6.07) is 0. The monoisotopic (exact) mass is 276 g/mol. The maximum absolute atomic E-state index is 6.18. The van der Waals surface area contributed by atoms with E-state index in [9.17, 15) is 0 Å². The predicted octanol–water partition coefficient (Wildman–Crippen LogP) is 3.14. The largest absolute Gasteiger partial charge is 0.381 e. The molecule has 3 heteroatoms. The van der Waals surface area contributed by atoms with Crippen LogP contribution in [-0.2, 0) is 9.47 Å². The molecule has 0 N–H and O–H groups in total. The summed E-state index contributed by atoms with van der Waals surface area (Å²) >= 11 is 3.60. The number of alkyl halides is 1. The molecule has 0 amide bonds. The Morgan fingerprint density at radius 2 is 1.87 bits per heavy atom. The quantitative estimate of drug-likeness (QED) is 0.735. The predicted molar refractivity (Wildman–Crippen MR) is 64.5 cm³/mol. The molecular weight excluding hydrogens is 256 g/mol. The molecule has 0 aromatic heterocycles. The van der Waals surface area contributed by atoms with Crippen molar-refractivity contribution in [2.45, 2.75) is 44.1 Å². The minimum absolute atomic E-state index is 0.0703. The van der Waals surface area contributed by atoms with Crippen LogP contribution in [-0.4, -0.2) is 30.8 Å². The van der Waals surface area contributed by atoms with Crippen LogP contribution in [0.2, 0.25) is 0 Å². The Morgan fingerprint density at radius 1 is 1.20 bits per heavy atom. The second kappa shape index (κ2) is 5.65. The number of rotatable bonds is 4. The summed E-state index contributed by atoms with van der Waals surface area (Å²) in [6.45, 7) is 2.68. The van der Waals surface area contributed by atoms with Crippen LogP contribution in [0.5, 0.6) is 0 Å². The highest BCUT2D eigenvalue weighted by Gasteiger charge is 2.33. The summed E-state index contributed by atoms with van der Waals surface area (Å²) in [5.74, 6) is 0.823. The molecule has 0 aromatic carbocycles. The molecule has 15 heavy (non-hydrogen) atoms. The summed E-state index contributed by atoms with van der Waals surface area (Å²) in [7, 11) is 0. The zero-order chi connectivity index (χ0) is 10.6. The van der Waals surface area contributed by atoms with Gasteiger partial charge in [-0.1, -0.05) is 28.8 Å². The second-order valence-electron chi connectivity index (χ2n) is 4.89. The van der Waals surface area contributed by atoms with Gasteiger partial charge < -0.3 is 9.47 Å².